The largest absolute Gasteiger partial charge is 0.296 e. The second-order valence-corrected chi connectivity index (χ2v) is 6.91. The van der Waals surface area contributed by atoms with Crippen LogP contribution in [0.1, 0.15) is 43.9 Å². The van der Waals surface area contributed by atoms with Gasteiger partial charge in [0.15, 0.2) is 0 Å². The molecule has 0 saturated heterocycles. The second-order valence-electron chi connectivity index (χ2n) is 4.48. The van der Waals surface area contributed by atoms with Crippen LogP contribution >= 0.6 is 22.7 Å². The second kappa shape index (κ2) is 4.44. The number of carbonyl (C=O) groups excluding carboxylic acids is 1. The summed E-state index contributed by atoms with van der Waals surface area (Å²) in [7, 11) is 0. The van der Waals surface area contributed by atoms with E-state index >= 15 is 0 Å². The summed E-state index contributed by atoms with van der Waals surface area (Å²) in [6.07, 6.45) is 2.52. The van der Waals surface area contributed by atoms with Crippen molar-refractivity contribution in [3.05, 3.63) is 26.4 Å². The minimum atomic E-state index is -0.0776. The van der Waals surface area contributed by atoms with E-state index in [1.807, 2.05) is 13.0 Å². The zero-order valence-corrected chi connectivity index (χ0v) is 11.8. The molecule has 0 radical (unpaired) electrons. The van der Waals surface area contributed by atoms with Gasteiger partial charge in [-0.15, -0.1) is 21.5 Å². The molecule has 1 aliphatic rings. The fourth-order valence-corrected chi connectivity index (χ4v) is 3.50. The number of aryl methyl sites for hydroxylation is 2. The molecule has 1 N–H and O–H groups in total. The van der Waals surface area contributed by atoms with Gasteiger partial charge < -0.3 is 0 Å². The first kappa shape index (κ1) is 11.8. The Hall–Kier alpha value is -1.27. The SMILES string of the molecule is Cc1nnc(NC(=O)c2cc(C3CC3)c(C)s2)s1. The van der Waals surface area contributed by atoms with Gasteiger partial charge in [-0.05, 0) is 44.2 Å². The number of hydrogen-bond donors (Lipinski definition) is 1. The molecule has 1 fully saturated rings. The number of hydrogen-bond acceptors (Lipinski definition) is 5. The molecule has 94 valence electrons. The van der Waals surface area contributed by atoms with Crippen LogP contribution in [0.2, 0.25) is 0 Å². The molecule has 0 atom stereocenters. The molecular weight excluding hydrogens is 266 g/mol. The zero-order valence-electron chi connectivity index (χ0n) is 10.2. The van der Waals surface area contributed by atoms with Crippen LogP contribution in [0.5, 0.6) is 0 Å². The highest BCUT2D eigenvalue weighted by atomic mass is 32.1. The van der Waals surface area contributed by atoms with E-state index in [2.05, 4.69) is 22.4 Å². The van der Waals surface area contributed by atoms with Crippen molar-refractivity contribution in [3.8, 4) is 0 Å². The van der Waals surface area contributed by atoms with Gasteiger partial charge in [-0.25, -0.2) is 0 Å². The van der Waals surface area contributed by atoms with Crippen molar-refractivity contribution in [2.24, 2.45) is 0 Å². The standard InChI is InChI=1S/C12H13N3OS2/c1-6-9(8-3-4-8)5-10(17-6)11(16)13-12-15-14-7(2)18-12/h5,8H,3-4H2,1-2H3,(H,13,15,16). The molecule has 2 aromatic rings. The number of nitrogens with one attached hydrogen (secondary N) is 1. The highest BCUT2D eigenvalue weighted by Gasteiger charge is 2.27. The van der Waals surface area contributed by atoms with Crippen molar-refractivity contribution in [3.63, 3.8) is 0 Å². The predicted molar refractivity (Wildman–Crippen MR) is 73.6 cm³/mol. The van der Waals surface area contributed by atoms with Crippen molar-refractivity contribution >= 4 is 33.7 Å². The first-order chi connectivity index (χ1) is 8.63. The lowest BCUT2D eigenvalue weighted by Crippen LogP contribution is -2.09. The van der Waals surface area contributed by atoms with Crippen molar-refractivity contribution in [2.45, 2.75) is 32.6 Å². The van der Waals surface area contributed by atoms with Gasteiger partial charge in [0.25, 0.3) is 5.91 Å². The molecule has 3 rings (SSSR count). The Bertz CT molecular complexity index is 598. The third-order valence-electron chi connectivity index (χ3n) is 2.94. The molecule has 0 aliphatic heterocycles. The first-order valence-corrected chi connectivity index (χ1v) is 7.48. The fraction of sp³-hybridized carbons (Fsp3) is 0.417. The number of carbonyl (C=O) groups is 1. The molecule has 4 nitrogen and oxygen atoms in total. The monoisotopic (exact) mass is 279 g/mol. The molecule has 0 unspecified atom stereocenters. The van der Waals surface area contributed by atoms with Crippen molar-refractivity contribution < 1.29 is 4.79 Å². The topological polar surface area (TPSA) is 54.9 Å². The summed E-state index contributed by atoms with van der Waals surface area (Å²) in [5.74, 6) is 0.609. The van der Waals surface area contributed by atoms with Crippen LogP contribution in [0.3, 0.4) is 0 Å². The van der Waals surface area contributed by atoms with E-state index in [1.54, 1.807) is 11.3 Å². The van der Waals surface area contributed by atoms with Gasteiger partial charge in [0.1, 0.15) is 5.01 Å². The van der Waals surface area contributed by atoms with Crippen LogP contribution in [0.4, 0.5) is 5.13 Å². The molecule has 2 aromatic heterocycles. The summed E-state index contributed by atoms with van der Waals surface area (Å²) < 4.78 is 0. The molecule has 6 heteroatoms. The lowest BCUT2D eigenvalue weighted by atomic mass is 10.1. The summed E-state index contributed by atoms with van der Waals surface area (Å²) in [5, 5.41) is 12.0. The Morgan fingerprint density at radius 2 is 2.11 bits per heavy atom. The van der Waals surface area contributed by atoms with E-state index in [4.69, 9.17) is 0 Å². The third-order valence-corrected chi connectivity index (χ3v) is 4.76. The fourth-order valence-electron chi connectivity index (χ4n) is 1.91. The predicted octanol–water partition coefficient (Wildman–Crippen LogP) is 3.35. The molecule has 1 saturated carbocycles. The Labute approximate surface area is 113 Å². The lowest BCUT2D eigenvalue weighted by Gasteiger charge is -1.96. The normalized spacial score (nSPS) is 14.8. The number of aromatic nitrogens is 2. The maximum absolute atomic E-state index is 12.1. The average molecular weight is 279 g/mol. The maximum atomic E-state index is 12.1. The Kier molecular flexibility index (Phi) is 2.91. The van der Waals surface area contributed by atoms with Crippen molar-refractivity contribution in [2.75, 3.05) is 5.32 Å². The van der Waals surface area contributed by atoms with Crippen LogP contribution in [0, 0.1) is 13.8 Å². The van der Waals surface area contributed by atoms with Crippen molar-refractivity contribution in [1.82, 2.24) is 10.2 Å². The van der Waals surface area contributed by atoms with Crippen LogP contribution in [0.25, 0.3) is 0 Å². The molecule has 1 amide bonds. The number of anilines is 1. The lowest BCUT2D eigenvalue weighted by molar-refractivity contribution is 0.103. The van der Waals surface area contributed by atoms with E-state index in [-0.39, 0.29) is 5.91 Å². The van der Waals surface area contributed by atoms with E-state index < -0.39 is 0 Å². The van der Waals surface area contributed by atoms with E-state index in [0.717, 1.165) is 9.88 Å². The van der Waals surface area contributed by atoms with Gasteiger partial charge >= 0.3 is 0 Å². The summed E-state index contributed by atoms with van der Waals surface area (Å²) in [4.78, 5) is 14.1. The van der Waals surface area contributed by atoms with Crippen LogP contribution < -0.4 is 5.32 Å². The third kappa shape index (κ3) is 2.30. The first-order valence-electron chi connectivity index (χ1n) is 5.85. The van der Waals surface area contributed by atoms with Gasteiger partial charge in [0.05, 0.1) is 4.88 Å². The summed E-state index contributed by atoms with van der Waals surface area (Å²) in [5.41, 5.74) is 1.35. The molecule has 2 heterocycles. The van der Waals surface area contributed by atoms with Gasteiger partial charge in [-0.2, -0.15) is 0 Å². The van der Waals surface area contributed by atoms with Gasteiger partial charge in [-0.1, -0.05) is 11.3 Å². The molecular formula is C12H13N3OS2. The number of amides is 1. The summed E-state index contributed by atoms with van der Waals surface area (Å²) >= 11 is 2.95. The molecule has 0 bridgehead atoms. The Morgan fingerprint density at radius 3 is 2.72 bits per heavy atom. The molecule has 0 spiro atoms. The van der Waals surface area contributed by atoms with Crippen LogP contribution in [0.15, 0.2) is 6.07 Å². The van der Waals surface area contributed by atoms with Crippen LogP contribution in [-0.4, -0.2) is 16.1 Å². The average Bonchev–Trinajstić information content (AvgIpc) is 2.98. The van der Waals surface area contributed by atoms with Gasteiger partial charge in [-0.3, -0.25) is 10.1 Å². The Balaban J connectivity index is 1.77. The smallest absolute Gasteiger partial charge is 0.267 e. The molecule has 0 aromatic carbocycles. The summed E-state index contributed by atoms with van der Waals surface area (Å²) in [6.45, 7) is 3.96. The van der Waals surface area contributed by atoms with Crippen LogP contribution in [-0.2, 0) is 0 Å². The summed E-state index contributed by atoms with van der Waals surface area (Å²) in [6, 6.07) is 2.03. The highest BCUT2D eigenvalue weighted by Crippen LogP contribution is 2.44. The van der Waals surface area contributed by atoms with Crippen molar-refractivity contribution in [1.29, 1.82) is 0 Å². The zero-order chi connectivity index (χ0) is 12.7. The number of rotatable bonds is 3. The maximum Gasteiger partial charge on any atom is 0.267 e. The van der Waals surface area contributed by atoms with E-state index in [1.165, 1.54) is 34.6 Å². The van der Waals surface area contributed by atoms with Gasteiger partial charge in [0.2, 0.25) is 5.13 Å². The van der Waals surface area contributed by atoms with E-state index in [0.29, 0.717) is 11.0 Å². The Morgan fingerprint density at radius 1 is 1.33 bits per heavy atom. The minimum absolute atomic E-state index is 0.0776. The van der Waals surface area contributed by atoms with E-state index in [9.17, 15) is 4.79 Å². The molecule has 1 aliphatic carbocycles. The quantitative estimate of drug-likeness (QED) is 0.937. The molecule has 18 heavy (non-hydrogen) atoms. The number of thiophene rings is 1. The minimum Gasteiger partial charge on any atom is -0.296 e. The van der Waals surface area contributed by atoms with Gasteiger partial charge in [0, 0.05) is 4.88 Å². The highest BCUT2D eigenvalue weighted by molar-refractivity contribution is 7.16. The number of nitrogens with zero attached hydrogens (tertiary/aromatic N) is 2.